The van der Waals surface area contributed by atoms with E-state index in [1.165, 1.54) is 0 Å². The molecular weight excluding hydrogens is 270 g/mol. The van der Waals surface area contributed by atoms with Gasteiger partial charge >= 0.3 is 0 Å². The van der Waals surface area contributed by atoms with E-state index in [1.807, 2.05) is 18.2 Å². The number of nitrogens with zero attached hydrogens (tertiary/aromatic N) is 1. The average molecular weight is 283 g/mol. The van der Waals surface area contributed by atoms with Crippen LogP contribution in [0.4, 0.5) is 5.82 Å². The van der Waals surface area contributed by atoms with Crippen molar-refractivity contribution in [2.75, 3.05) is 18.5 Å². The number of hydrogen-bond donors (Lipinski definition) is 2. The number of benzene rings is 1. The van der Waals surface area contributed by atoms with Crippen molar-refractivity contribution >= 4 is 11.7 Å². The predicted octanol–water partition coefficient (Wildman–Crippen LogP) is 1.71. The highest BCUT2D eigenvalue weighted by Crippen LogP contribution is 2.38. The summed E-state index contributed by atoms with van der Waals surface area (Å²) >= 11 is 0. The number of anilines is 1. The molecule has 0 saturated carbocycles. The summed E-state index contributed by atoms with van der Waals surface area (Å²) in [4.78, 5) is 16.4. The number of amides is 1. The van der Waals surface area contributed by atoms with Gasteiger partial charge in [-0.2, -0.15) is 0 Å². The van der Waals surface area contributed by atoms with Crippen molar-refractivity contribution in [3.05, 3.63) is 47.7 Å². The van der Waals surface area contributed by atoms with Crippen molar-refractivity contribution in [2.45, 2.75) is 6.17 Å². The number of para-hydroxylation sites is 1. The third-order valence-electron chi connectivity index (χ3n) is 3.52. The van der Waals surface area contributed by atoms with Gasteiger partial charge in [0, 0.05) is 11.8 Å². The Morgan fingerprint density at radius 3 is 2.95 bits per heavy atom. The number of fused-ring (bicyclic) bond motifs is 2. The summed E-state index contributed by atoms with van der Waals surface area (Å²) in [7, 11) is 0. The smallest absolute Gasteiger partial charge is 0.256 e. The van der Waals surface area contributed by atoms with Gasteiger partial charge in [-0.05, 0) is 18.2 Å². The molecule has 1 atom stereocenters. The molecule has 0 saturated heterocycles. The van der Waals surface area contributed by atoms with Crippen LogP contribution in [0.5, 0.6) is 11.5 Å². The predicted molar refractivity (Wildman–Crippen MR) is 75.5 cm³/mol. The van der Waals surface area contributed by atoms with E-state index in [0.717, 1.165) is 5.56 Å². The number of nitrogens with one attached hydrogen (secondary N) is 2. The highest BCUT2D eigenvalue weighted by molar-refractivity contribution is 6.00. The van der Waals surface area contributed by atoms with E-state index < -0.39 is 6.17 Å². The summed E-state index contributed by atoms with van der Waals surface area (Å²) < 4.78 is 11.3. The van der Waals surface area contributed by atoms with Crippen molar-refractivity contribution in [2.24, 2.45) is 0 Å². The molecule has 21 heavy (non-hydrogen) atoms. The number of rotatable bonds is 1. The molecule has 6 heteroatoms. The molecule has 1 amide bonds. The molecule has 3 heterocycles. The van der Waals surface area contributed by atoms with E-state index in [4.69, 9.17) is 9.47 Å². The van der Waals surface area contributed by atoms with Gasteiger partial charge in [-0.1, -0.05) is 12.1 Å². The third kappa shape index (κ3) is 1.96. The largest absolute Gasteiger partial charge is 0.486 e. The second-order valence-corrected chi connectivity index (χ2v) is 4.82. The lowest BCUT2D eigenvalue weighted by Gasteiger charge is -2.30. The molecule has 2 aliphatic rings. The van der Waals surface area contributed by atoms with Gasteiger partial charge in [0.05, 0.1) is 5.56 Å². The summed E-state index contributed by atoms with van der Waals surface area (Å²) in [6.45, 7) is 1.03. The standard InChI is InChI=1S/C15H13N3O3/c19-15-10-4-2-6-16-13(10)17-14(18-15)9-3-1-5-11-12(9)21-8-7-20-11/h1-6,14H,7-8H2,(H,16,17)(H,18,19). The molecule has 2 aromatic rings. The van der Waals surface area contributed by atoms with Crippen LogP contribution in [0.2, 0.25) is 0 Å². The minimum Gasteiger partial charge on any atom is -0.486 e. The first kappa shape index (κ1) is 12.0. The first-order valence-electron chi connectivity index (χ1n) is 6.74. The number of carbonyl (C=O) groups is 1. The number of carbonyl (C=O) groups excluding carboxylic acids is 1. The van der Waals surface area contributed by atoms with Gasteiger partial charge in [0.2, 0.25) is 0 Å². The number of aromatic nitrogens is 1. The summed E-state index contributed by atoms with van der Waals surface area (Å²) in [5, 5.41) is 6.13. The zero-order valence-electron chi connectivity index (χ0n) is 11.1. The van der Waals surface area contributed by atoms with Gasteiger partial charge in [-0.15, -0.1) is 0 Å². The van der Waals surface area contributed by atoms with Gasteiger partial charge in [0.25, 0.3) is 5.91 Å². The highest BCUT2D eigenvalue weighted by atomic mass is 16.6. The Balaban J connectivity index is 1.74. The molecule has 1 aromatic heterocycles. The Labute approximate surface area is 121 Å². The number of hydrogen-bond acceptors (Lipinski definition) is 5. The lowest BCUT2D eigenvalue weighted by molar-refractivity contribution is 0.0933. The van der Waals surface area contributed by atoms with Crippen LogP contribution in [-0.2, 0) is 0 Å². The maximum absolute atomic E-state index is 12.2. The maximum Gasteiger partial charge on any atom is 0.256 e. The van der Waals surface area contributed by atoms with Crippen LogP contribution in [0.3, 0.4) is 0 Å². The Morgan fingerprint density at radius 2 is 2.00 bits per heavy atom. The zero-order valence-corrected chi connectivity index (χ0v) is 11.1. The molecule has 1 aromatic carbocycles. The molecular formula is C15H13N3O3. The van der Waals surface area contributed by atoms with E-state index in [-0.39, 0.29) is 5.91 Å². The van der Waals surface area contributed by atoms with Crippen LogP contribution in [0.1, 0.15) is 22.1 Å². The Bertz CT molecular complexity index is 717. The van der Waals surface area contributed by atoms with Crippen LogP contribution in [0.25, 0.3) is 0 Å². The summed E-state index contributed by atoms with van der Waals surface area (Å²) in [5.74, 6) is 1.78. The Morgan fingerprint density at radius 1 is 1.10 bits per heavy atom. The van der Waals surface area contributed by atoms with Gasteiger partial charge in [0.15, 0.2) is 11.5 Å². The van der Waals surface area contributed by atoms with E-state index in [2.05, 4.69) is 15.6 Å². The first-order valence-corrected chi connectivity index (χ1v) is 6.74. The Hall–Kier alpha value is -2.76. The summed E-state index contributed by atoms with van der Waals surface area (Å²) in [6, 6.07) is 9.11. The van der Waals surface area contributed by atoms with Gasteiger partial charge in [-0.25, -0.2) is 4.98 Å². The van der Waals surface area contributed by atoms with E-state index in [1.54, 1.807) is 18.3 Å². The van der Waals surface area contributed by atoms with Crippen molar-refractivity contribution in [3.63, 3.8) is 0 Å². The fourth-order valence-electron chi connectivity index (χ4n) is 2.56. The van der Waals surface area contributed by atoms with Crippen LogP contribution in [0, 0.1) is 0 Å². The summed E-state index contributed by atoms with van der Waals surface area (Å²) in [5.41, 5.74) is 1.37. The van der Waals surface area contributed by atoms with Gasteiger partial charge in [0.1, 0.15) is 25.2 Å². The molecule has 0 bridgehead atoms. The second-order valence-electron chi connectivity index (χ2n) is 4.82. The van der Waals surface area contributed by atoms with Gasteiger partial charge in [-0.3, -0.25) is 4.79 Å². The first-order chi connectivity index (χ1) is 10.3. The van der Waals surface area contributed by atoms with Crippen LogP contribution < -0.4 is 20.1 Å². The number of ether oxygens (including phenoxy) is 2. The highest BCUT2D eigenvalue weighted by Gasteiger charge is 2.29. The van der Waals surface area contributed by atoms with Crippen LogP contribution in [-0.4, -0.2) is 24.1 Å². The molecule has 0 aliphatic carbocycles. The van der Waals surface area contributed by atoms with E-state index in [0.29, 0.717) is 36.1 Å². The fraction of sp³-hybridized carbons (Fsp3) is 0.200. The molecule has 0 radical (unpaired) electrons. The molecule has 2 aliphatic heterocycles. The van der Waals surface area contributed by atoms with E-state index >= 15 is 0 Å². The minimum absolute atomic E-state index is 0.156. The maximum atomic E-state index is 12.2. The van der Waals surface area contributed by atoms with Crippen molar-refractivity contribution in [3.8, 4) is 11.5 Å². The van der Waals surface area contributed by atoms with Gasteiger partial charge < -0.3 is 20.1 Å². The lowest BCUT2D eigenvalue weighted by atomic mass is 10.1. The molecule has 2 N–H and O–H groups in total. The topological polar surface area (TPSA) is 72.5 Å². The summed E-state index contributed by atoms with van der Waals surface area (Å²) in [6.07, 6.45) is 1.26. The van der Waals surface area contributed by atoms with Crippen molar-refractivity contribution in [1.82, 2.24) is 10.3 Å². The van der Waals surface area contributed by atoms with E-state index in [9.17, 15) is 4.79 Å². The van der Waals surface area contributed by atoms with Crippen LogP contribution >= 0.6 is 0 Å². The normalized spacial score (nSPS) is 19.2. The van der Waals surface area contributed by atoms with Crippen molar-refractivity contribution in [1.29, 1.82) is 0 Å². The fourth-order valence-corrected chi connectivity index (χ4v) is 2.56. The molecule has 4 rings (SSSR count). The molecule has 106 valence electrons. The zero-order chi connectivity index (χ0) is 14.2. The SMILES string of the molecule is O=C1NC(c2cccc3c2OCCO3)Nc2ncccc21. The lowest BCUT2D eigenvalue weighted by Crippen LogP contribution is -2.39. The monoisotopic (exact) mass is 283 g/mol. The number of pyridine rings is 1. The third-order valence-corrected chi connectivity index (χ3v) is 3.52. The van der Waals surface area contributed by atoms with Crippen molar-refractivity contribution < 1.29 is 14.3 Å². The Kier molecular flexibility index (Phi) is 2.67. The minimum atomic E-state index is -0.392. The molecule has 6 nitrogen and oxygen atoms in total. The molecule has 0 spiro atoms. The quantitative estimate of drug-likeness (QED) is 0.833. The molecule has 1 unspecified atom stereocenters. The van der Waals surface area contributed by atoms with Crippen LogP contribution in [0.15, 0.2) is 36.5 Å². The second kappa shape index (κ2) is 4.66. The molecule has 0 fully saturated rings. The average Bonchev–Trinajstić information content (AvgIpc) is 2.54.